The van der Waals surface area contributed by atoms with Gasteiger partial charge in [-0.2, -0.15) is 0 Å². The molecule has 3 aromatic carbocycles. The smallest absolute Gasteiger partial charge is 0.171 e. The maximum absolute atomic E-state index is 13.1. The van der Waals surface area contributed by atoms with E-state index in [9.17, 15) is 4.79 Å². The SMILES string of the molecule is O=C(CCCCBr)C[P+](c1ccccc1)(c1ccccc1)c1ccccc1.[Br-]. The molecule has 0 aliphatic carbocycles. The topological polar surface area (TPSA) is 17.1 Å². The molecule has 0 aliphatic heterocycles. The summed E-state index contributed by atoms with van der Waals surface area (Å²) in [5.41, 5.74) is 0. The molecule has 3 rings (SSSR count). The van der Waals surface area contributed by atoms with Gasteiger partial charge in [0.15, 0.2) is 5.78 Å². The van der Waals surface area contributed by atoms with Gasteiger partial charge in [-0.15, -0.1) is 0 Å². The van der Waals surface area contributed by atoms with Crippen LogP contribution in [-0.4, -0.2) is 17.3 Å². The van der Waals surface area contributed by atoms with Crippen molar-refractivity contribution < 1.29 is 21.8 Å². The zero-order valence-corrected chi connectivity index (χ0v) is 19.9. The van der Waals surface area contributed by atoms with Gasteiger partial charge in [0, 0.05) is 11.8 Å². The number of carbonyl (C=O) groups is 1. The average Bonchev–Trinajstić information content (AvgIpc) is 2.74. The Balaban J connectivity index is 0.00000280. The van der Waals surface area contributed by atoms with Crippen molar-refractivity contribution in [2.24, 2.45) is 0 Å². The Morgan fingerprint density at radius 2 is 1.07 bits per heavy atom. The lowest BCUT2D eigenvalue weighted by Crippen LogP contribution is -3.00. The normalized spacial score (nSPS) is 10.9. The number of hydrogen-bond acceptors (Lipinski definition) is 1. The van der Waals surface area contributed by atoms with Crippen LogP contribution < -0.4 is 32.9 Å². The molecular weight excluding hydrogens is 495 g/mol. The first kappa shape index (κ1) is 23.0. The maximum atomic E-state index is 13.1. The van der Waals surface area contributed by atoms with Gasteiger partial charge in [-0.3, -0.25) is 4.79 Å². The minimum Gasteiger partial charge on any atom is -1.00 e. The lowest BCUT2D eigenvalue weighted by molar-refractivity contribution is -0.116. The third-order valence-corrected chi connectivity index (χ3v) is 9.77. The summed E-state index contributed by atoms with van der Waals surface area (Å²) in [5.74, 6) is 0.362. The highest BCUT2D eigenvalue weighted by molar-refractivity contribution is 9.09. The Bertz CT molecular complexity index is 742. The summed E-state index contributed by atoms with van der Waals surface area (Å²) in [4.78, 5) is 13.1. The highest BCUT2D eigenvalue weighted by atomic mass is 79.9. The quantitative estimate of drug-likeness (QED) is 0.240. The van der Waals surface area contributed by atoms with E-state index in [0.29, 0.717) is 18.4 Å². The number of benzene rings is 3. The second-order valence-electron chi connectivity index (χ2n) is 6.66. The van der Waals surface area contributed by atoms with Crippen molar-refractivity contribution >= 4 is 44.9 Å². The van der Waals surface area contributed by atoms with Crippen LogP contribution in [0.4, 0.5) is 0 Å². The van der Waals surface area contributed by atoms with Gasteiger partial charge in [0.25, 0.3) is 0 Å². The minimum atomic E-state index is -2.02. The molecule has 0 saturated carbocycles. The van der Waals surface area contributed by atoms with E-state index >= 15 is 0 Å². The largest absolute Gasteiger partial charge is 1.00 e. The molecule has 0 aromatic heterocycles. The molecule has 0 heterocycles. The number of rotatable bonds is 9. The first-order valence-electron chi connectivity index (χ1n) is 9.40. The van der Waals surface area contributed by atoms with Crippen LogP contribution in [0.15, 0.2) is 91.0 Å². The van der Waals surface area contributed by atoms with E-state index in [1.54, 1.807) is 0 Å². The molecule has 3 aromatic rings. The Hall–Kier alpha value is -1.28. The molecule has 4 heteroatoms. The van der Waals surface area contributed by atoms with Gasteiger partial charge in [0.05, 0.1) is 0 Å². The van der Waals surface area contributed by atoms with Crippen LogP contribution >= 0.6 is 23.2 Å². The molecular formula is C24H25Br2OP. The second-order valence-corrected chi connectivity index (χ2v) is 10.9. The molecule has 0 amide bonds. The van der Waals surface area contributed by atoms with Gasteiger partial charge in [0.2, 0.25) is 0 Å². The number of Topliss-reactive ketones (excluding diaryl/α,β-unsaturated/α-hetero) is 1. The molecule has 28 heavy (non-hydrogen) atoms. The molecule has 1 nitrogen and oxygen atoms in total. The van der Waals surface area contributed by atoms with Gasteiger partial charge >= 0.3 is 0 Å². The average molecular weight is 520 g/mol. The number of carbonyl (C=O) groups excluding carboxylic acids is 1. The monoisotopic (exact) mass is 518 g/mol. The molecule has 0 fully saturated rings. The summed E-state index contributed by atoms with van der Waals surface area (Å²) in [7, 11) is -2.02. The standard InChI is InChI=1S/C24H25BrOP.BrH/c25-19-11-10-12-21(26)20-27(22-13-4-1-5-14-22,23-15-6-2-7-16-23)24-17-8-3-9-18-24;/h1-9,13-18H,10-12,19-20H2;1H/q+1;/p-1. The summed E-state index contributed by atoms with van der Waals surface area (Å²) < 4.78 is 0. The molecule has 0 aliphatic rings. The van der Waals surface area contributed by atoms with E-state index < -0.39 is 7.26 Å². The van der Waals surface area contributed by atoms with Crippen molar-refractivity contribution in [2.75, 3.05) is 11.5 Å². The summed E-state index contributed by atoms with van der Waals surface area (Å²) >= 11 is 3.47. The van der Waals surface area contributed by atoms with Crippen LogP contribution in [-0.2, 0) is 4.79 Å². The Morgan fingerprint density at radius 3 is 1.43 bits per heavy atom. The van der Waals surface area contributed by atoms with E-state index in [2.05, 4.69) is 88.7 Å². The van der Waals surface area contributed by atoms with E-state index in [4.69, 9.17) is 0 Å². The minimum absolute atomic E-state index is 0. The molecule has 0 bridgehead atoms. The highest BCUT2D eigenvalue weighted by Crippen LogP contribution is 2.55. The highest BCUT2D eigenvalue weighted by Gasteiger charge is 2.46. The maximum Gasteiger partial charge on any atom is 0.171 e. The Labute approximate surface area is 187 Å². The van der Waals surface area contributed by atoms with Crippen LogP contribution in [0.2, 0.25) is 0 Å². The molecule has 0 spiro atoms. The molecule has 0 atom stereocenters. The third kappa shape index (κ3) is 5.41. The zero-order valence-electron chi connectivity index (χ0n) is 15.8. The van der Waals surface area contributed by atoms with Crippen molar-refractivity contribution in [2.45, 2.75) is 19.3 Å². The van der Waals surface area contributed by atoms with Gasteiger partial charge < -0.3 is 17.0 Å². The van der Waals surface area contributed by atoms with Crippen molar-refractivity contribution in [3.63, 3.8) is 0 Å². The van der Waals surface area contributed by atoms with E-state index in [-0.39, 0.29) is 17.0 Å². The van der Waals surface area contributed by atoms with Crippen molar-refractivity contribution in [3.8, 4) is 0 Å². The van der Waals surface area contributed by atoms with Crippen molar-refractivity contribution in [3.05, 3.63) is 91.0 Å². The molecule has 0 radical (unpaired) electrons. The van der Waals surface area contributed by atoms with Crippen molar-refractivity contribution in [1.29, 1.82) is 0 Å². The summed E-state index contributed by atoms with van der Waals surface area (Å²) in [6.45, 7) is 0. The van der Waals surface area contributed by atoms with Gasteiger partial charge in [0.1, 0.15) is 29.3 Å². The van der Waals surface area contributed by atoms with Gasteiger partial charge in [-0.05, 0) is 49.2 Å². The molecule has 0 N–H and O–H groups in total. The van der Waals surface area contributed by atoms with E-state index in [0.717, 1.165) is 18.2 Å². The molecule has 0 unspecified atom stereocenters. The second kappa shape index (κ2) is 11.7. The van der Waals surface area contributed by atoms with Crippen LogP contribution in [0.5, 0.6) is 0 Å². The first-order valence-corrected chi connectivity index (χ1v) is 12.5. The summed E-state index contributed by atoms with van der Waals surface area (Å²) in [5, 5.41) is 4.78. The van der Waals surface area contributed by atoms with Crippen LogP contribution in [0.1, 0.15) is 19.3 Å². The predicted octanol–water partition coefficient (Wildman–Crippen LogP) is 2.12. The number of alkyl halides is 1. The fourth-order valence-electron chi connectivity index (χ4n) is 3.53. The van der Waals surface area contributed by atoms with E-state index in [1.165, 1.54) is 15.9 Å². The van der Waals surface area contributed by atoms with Gasteiger partial charge in [-0.1, -0.05) is 70.5 Å². The summed E-state index contributed by atoms with van der Waals surface area (Å²) in [6.07, 6.45) is 3.23. The summed E-state index contributed by atoms with van der Waals surface area (Å²) in [6, 6.07) is 31.8. The zero-order chi connectivity index (χ0) is 19.0. The van der Waals surface area contributed by atoms with E-state index in [1.807, 2.05) is 18.2 Å². The fourth-order valence-corrected chi connectivity index (χ4v) is 8.10. The third-order valence-electron chi connectivity index (χ3n) is 4.84. The molecule has 0 saturated heterocycles. The Morgan fingerprint density at radius 1 is 0.679 bits per heavy atom. The first-order chi connectivity index (χ1) is 13.3. The lowest BCUT2D eigenvalue weighted by Gasteiger charge is -2.27. The number of unbranched alkanes of at least 4 members (excludes halogenated alkanes) is 1. The van der Waals surface area contributed by atoms with Gasteiger partial charge in [-0.25, -0.2) is 0 Å². The van der Waals surface area contributed by atoms with Crippen LogP contribution in [0.25, 0.3) is 0 Å². The molecule has 146 valence electrons. The number of halogens is 2. The Kier molecular flexibility index (Phi) is 9.58. The predicted molar refractivity (Wildman–Crippen MR) is 123 cm³/mol. The number of hydrogen-bond donors (Lipinski definition) is 0. The number of ketones is 1. The van der Waals surface area contributed by atoms with Crippen LogP contribution in [0, 0.1) is 0 Å². The fraction of sp³-hybridized carbons (Fsp3) is 0.208. The van der Waals surface area contributed by atoms with Crippen LogP contribution in [0.3, 0.4) is 0 Å². The lowest BCUT2D eigenvalue weighted by atomic mass is 10.2. The van der Waals surface area contributed by atoms with Crippen molar-refractivity contribution in [1.82, 2.24) is 0 Å².